The second-order valence-corrected chi connectivity index (χ2v) is 6.54. The summed E-state index contributed by atoms with van der Waals surface area (Å²) in [5.74, 6) is 2.28. The van der Waals surface area contributed by atoms with Crippen LogP contribution in [0.5, 0.6) is 0 Å². The Hall–Kier alpha value is -1.41. The number of pyridine rings is 1. The van der Waals surface area contributed by atoms with E-state index in [9.17, 15) is 0 Å². The standard InChI is InChI=1S/C19H26N2/c1-2-14-7-8-16(13-20)17(11-14)12-18-10-9-15-5-3-4-6-19(15)21-18/h3-6,9-10,14,16-17H,2,7-8,11-13,20H2,1H3. The first-order chi connectivity index (χ1) is 10.3. The average Bonchev–Trinajstić information content (AvgIpc) is 2.54. The van der Waals surface area contributed by atoms with E-state index in [1.54, 1.807) is 0 Å². The number of nitrogens with two attached hydrogens (primary N) is 1. The third-order valence-corrected chi connectivity index (χ3v) is 5.26. The molecule has 1 aliphatic rings. The van der Waals surface area contributed by atoms with Gasteiger partial charge in [0.2, 0.25) is 0 Å². The molecule has 1 aliphatic carbocycles. The van der Waals surface area contributed by atoms with Gasteiger partial charge in [-0.05, 0) is 55.7 Å². The van der Waals surface area contributed by atoms with E-state index in [2.05, 4.69) is 43.3 Å². The first kappa shape index (κ1) is 14.5. The Bertz CT molecular complexity index is 593. The van der Waals surface area contributed by atoms with Crippen LogP contribution >= 0.6 is 0 Å². The molecule has 21 heavy (non-hydrogen) atoms. The Labute approximate surface area is 127 Å². The van der Waals surface area contributed by atoms with Crippen LogP contribution in [-0.4, -0.2) is 11.5 Å². The van der Waals surface area contributed by atoms with Crippen molar-refractivity contribution in [3.8, 4) is 0 Å². The Morgan fingerprint density at radius 3 is 2.76 bits per heavy atom. The van der Waals surface area contributed by atoms with E-state index in [0.29, 0.717) is 11.8 Å². The first-order valence-corrected chi connectivity index (χ1v) is 8.35. The molecule has 1 saturated carbocycles. The molecule has 3 atom stereocenters. The number of aromatic nitrogens is 1. The van der Waals surface area contributed by atoms with Gasteiger partial charge in [0.15, 0.2) is 0 Å². The van der Waals surface area contributed by atoms with E-state index in [1.807, 2.05) is 0 Å². The lowest BCUT2D eigenvalue weighted by atomic mass is 9.71. The summed E-state index contributed by atoms with van der Waals surface area (Å²) in [6.07, 6.45) is 6.38. The third-order valence-electron chi connectivity index (χ3n) is 5.26. The fourth-order valence-corrected chi connectivity index (χ4v) is 3.85. The van der Waals surface area contributed by atoms with Crippen LogP contribution in [0.15, 0.2) is 36.4 Å². The topological polar surface area (TPSA) is 38.9 Å². The smallest absolute Gasteiger partial charge is 0.0705 e. The minimum atomic E-state index is 0.682. The van der Waals surface area contributed by atoms with Gasteiger partial charge in [-0.1, -0.05) is 44.0 Å². The Balaban J connectivity index is 1.78. The van der Waals surface area contributed by atoms with E-state index in [0.717, 1.165) is 24.4 Å². The van der Waals surface area contributed by atoms with E-state index in [-0.39, 0.29) is 0 Å². The highest BCUT2D eigenvalue weighted by atomic mass is 14.7. The molecule has 0 amide bonds. The minimum Gasteiger partial charge on any atom is -0.330 e. The fourth-order valence-electron chi connectivity index (χ4n) is 3.85. The summed E-state index contributed by atoms with van der Waals surface area (Å²) in [5.41, 5.74) is 8.35. The van der Waals surface area contributed by atoms with E-state index < -0.39 is 0 Å². The Morgan fingerprint density at radius 2 is 1.95 bits per heavy atom. The van der Waals surface area contributed by atoms with Crippen molar-refractivity contribution in [1.82, 2.24) is 4.98 Å². The Morgan fingerprint density at radius 1 is 1.10 bits per heavy atom. The van der Waals surface area contributed by atoms with Crippen LogP contribution in [0.2, 0.25) is 0 Å². The number of para-hydroxylation sites is 1. The number of rotatable bonds is 4. The van der Waals surface area contributed by atoms with Gasteiger partial charge in [-0.3, -0.25) is 4.98 Å². The summed E-state index contributed by atoms with van der Waals surface area (Å²) in [7, 11) is 0. The van der Waals surface area contributed by atoms with Crippen molar-refractivity contribution >= 4 is 10.9 Å². The van der Waals surface area contributed by atoms with Gasteiger partial charge in [-0.2, -0.15) is 0 Å². The quantitative estimate of drug-likeness (QED) is 0.913. The molecular weight excluding hydrogens is 256 g/mol. The number of hydrogen-bond acceptors (Lipinski definition) is 2. The van der Waals surface area contributed by atoms with Crippen LogP contribution < -0.4 is 5.73 Å². The highest BCUT2D eigenvalue weighted by Gasteiger charge is 2.29. The summed E-state index contributed by atoms with van der Waals surface area (Å²) < 4.78 is 0. The molecule has 1 aromatic heterocycles. The van der Waals surface area contributed by atoms with E-state index >= 15 is 0 Å². The van der Waals surface area contributed by atoms with Gasteiger partial charge in [0.25, 0.3) is 0 Å². The lowest BCUT2D eigenvalue weighted by molar-refractivity contribution is 0.179. The molecule has 3 unspecified atom stereocenters. The van der Waals surface area contributed by atoms with Crippen LogP contribution in [0.3, 0.4) is 0 Å². The third kappa shape index (κ3) is 3.26. The van der Waals surface area contributed by atoms with Gasteiger partial charge < -0.3 is 5.73 Å². The Kier molecular flexibility index (Phi) is 4.54. The molecule has 0 saturated heterocycles. The lowest BCUT2D eigenvalue weighted by Gasteiger charge is -2.35. The van der Waals surface area contributed by atoms with Gasteiger partial charge in [-0.25, -0.2) is 0 Å². The molecule has 0 spiro atoms. The highest BCUT2D eigenvalue weighted by molar-refractivity contribution is 5.78. The van der Waals surface area contributed by atoms with Gasteiger partial charge in [0, 0.05) is 11.1 Å². The monoisotopic (exact) mass is 282 g/mol. The van der Waals surface area contributed by atoms with Crippen LogP contribution in [-0.2, 0) is 6.42 Å². The molecule has 2 nitrogen and oxygen atoms in total. The van der Waals surface area contributed by atoms with Crippen molar-refractivity contribution < 1.29 is 0 Å². The SMILES string of the molecule is CCC1CCC(CN)C(Cc2ccc3ccccc3n2)C1. The highest BCUT2D eigenvalue weighted by Crippen LogP contribution is 2.36. The maximum absolute atomic E-state index is 6.00. The molecule has 2 N–H and O–H groups in total. The molecule has 2 heteroatoms. The van der Waals surface area contributed by atoms with Crippen LogP contribution in [0, 0.1) is 17.8 Å². The van der Waals surface area contributed by atoms with Crippen molar-refractivity contribution in [2.24, 2.45) is 23.5 Å². The van der Waals surface area contributed by atoms with E-state index in [4.69, 9.17) is 10.7 Å². The molecule has 0 aliphatic heterocycles. The average molecular weight is 282 g/mol. The number of nitrogens with zero attached hydrogens (tertiary/aromatic N) is 1. The van der Waals surface area contributed by atoms with Gasteiger partial charge in [0.1, 0.15) is 0 Å². The minimum absolute atomic E-state index is 0.682. The summed E-state index contributed by atoms with van der Waals surface area (Å²) in [6, 6.07) is 12.8. The van der Waals surface area contributed by atoms with Gasteiger partial charge in [0.05, 0.1) is 5.52 Å². The summed E-state index contributed by atoms with van der Waals surface area (Å²) >= 11 is 0. The van der Waals surface area contributed by atoms with E-state index in [1.165, 1.54) is 36.8 Å². The zero-order valence-electron chi connectivity index (χ0n) is 13.0. The van der Waals surface area contributed by atoms with Crippen molar-refractivity contribution in [2.75, 3.05) is 6.54 Å². The molecule has 2 aromatic rings. The van der Waals surface area contributed by atoms with Crippen LogP contribution in [0.1, 0.15) is 38.3 Å². The summed E-state index contributed by atoms with van der Waals surface area (Å²) in [6.45, 7) is 3.15. The molecule has 1 heterocycles. The maximum atomic E-state index is 6.00. The second-order valence-electron chi connectivity index (χ2n) is 6.54. The van der Waals surface area contributed by atoms with Crippen LogP contribution in [0.25, 0.3) is 10.9 Å². The van der Waals surface area contributed by atoms with Crippen molar-refractivity contribution in [2.45, 2.75) is 39.0 Å². The van der Waals surface area contributed by atoms with Crippen molar-refractivity contribution in [3.05, 3.63) is 42.1 Å². The molecular formula is C19H26N2. The molecule has 0 radical (unpaired) electrons. The zero-order valence-corrected chi connectivity index (χ0v) is 13.0. The predicted octanol–water partition coefficient (Wildman–Crippen LogP) is 4.18. The molecule has 0 bridgehead atoms. The maximum Gasteiger partial charge on any atom is 0.0705 e. The molecule has 1 aromatic carbocycles. The summed E-state index contributed by atoms with van der Waals surface area (Å²) in [5, 5.41) is 1.23. The molecule has 1 fully saturated rings. The lowest BCUT2D eigenvalue weighted by Crippen LogP contribution is -2.31. The second kappa shape index (κ2) is 6.57. The number of benzene rings is 1. The first-order valence-electron chi connectivity index (χ1n) is 8.35. The summed E-state index contributed by atoms with van der Waals surface area (Å²) in [4.78, 5) is 4.85. The predicted molar refractivity (Wildman–Crippen MR) is 89.1 cm³/mol. The molecule has 3 rings (SSSR count). The normalized spacial score (nSPS) is 26.1. The van der Waals surface area contributed by atoms with Crippen molar-refractivity contribution in [1.29, 1.82) is 0 Å². The fraction of sp³-hybridized carbons (Fsp3) is 0.526. The van der Waals surface area contributed by atoms with Gasteiger partial charge in [-0.15, -0.1) is 0 Å². The van der Waals surface area contributed by atoms with Gasteiger partial charge >= 0.3 is 0 Å². The number of hydrogen-bond donors (Lipinski definition) is 1. The zero-order chi connectivity index (χ0) is 14.7. The number of fused-ring (bicyclic) bond motifs is 1. The van der Waals surface area contributed by atoms with Crippen molar-refractivity contribution in [3.63, 3.8) is 0 Å². The largest absolute Gasteiger partial charge is 0.330 e. The molecule has 112 valence electrons. The van der Waals surface area contributed by atoms with Crippen LogP contribution in [0.4, 0.5) is 0 Å².